The molecule has 238 valence electrons. The fraction of sp³-hybridized carbons (Fsp3) is 0.828. The SMILES string of the molecule is NC(=O)COCCOCCNC(=O)CC[C@H](NC(=O)CCCCCCCCCCCCCCCCC(=O)O)C(=O)O. The van der Waals surface area contributed by atoms with E-state index in [1.54, 1.807) is 0 Å². The Morgan fingerprint density at radius 3 is 1.59 bits per heavy atom. The molecule has 12 heteroatoms. The molecule has 0 aromatic heterocycles. The highest BCUT2D eigenvalue weighted by atomic mass is 16.5. The van der Waals surface area contributed by atoms with Gasteiger partial charge in [0, 0.05) is 25.8 Å². The lowest BCUT2D eigenvalue weighted by molar-refractivity contribution is -0.142. The van der Waals surface area contributed by atoms with Gasteiger partial charge < -0.3 is 36.1 Å². The van der Waals surface area contributed by atoms with Crippen molar-refractivity contribution < 1.29 is 43.7 Å². The van der Waals surface area contributed by atoms with Crippen molar-refractivity contribution in [1.29, 1.82) is 0 Å². The van der Waals surface area contributed by atoms with Gasteiger partial charge in [-0.15, -0.1) is 0 Å². The fourth-order valence-electron chi connectivity index (χ4n) is 4.23. The van der Waals surface area contributed by atoms with Gasteiger partial charge in [-0.2, -0.15) is 0 Å². The zero-order valence-electron chi connectivity index (χ0n) is 24.7. The lowest BCUT2D eigenvalue weighted by atomic mass is 10.0. The van der Waals surface area contributed by atoms with E-state index in [4.69, 9.17) is 20.3 Å². The van der Waals surface area contributed by atoms with Crippen molar-refractivity contribution in [3.05, 3.63) is 0 Å². The minimum atomic E-state index is -1.17. The number of hydrogen-bond acceptors (Lipinski definition) is 7. The molecule has 0 fully saturated rings. The molecular weight excluding hydrogens is 534 g/mol. The van der Waals surface area contributed by atoms with E-state index in [-0.39, 0.29) is 70.5 Å². The highest BCUT2D eigenvalue weighted by Gasteiger charge is 2.20. The fourth-order valence-corrected chi connectivity index (χ4v) is 4.23. The van der Waals surface area contributed by atoms with Crippen molar-refractivity contribution in [2.45, 2.75) is 122 Å². The number of ether oxygens (including phenoxy) is 2. The van der Waals surface area contributed by atoms with Gasteiger partial charge in [-0.25, -0.2) is 4.79 Å². The number of rotatable bonds is 30. The van der Waals surface area contributed by atoms with Crippen molar-refractivity contribution >= 4 is 29.7 Å². The first kappa shape index (κ1) is 38.3. The quantitative estimate of drug-likeness (QED) is 0.0784. The van der Waals surface area contributed by atoms with Crippen LogP contribution in [-0.2, 0) is 33.4 Å². The zero-order valence-corrected chi connectivity index (χ0v) is 24.7. The normalized spacial score (nSPS) is 11.6. The van der Waals surface area contributed by atoms with Crippen LogP contribution in [0.2, 0.25) is 0 Å². The maximum atomic E-state index is 12.2. The second kappa shape index (κ2) is 27.4. The highest BCUT2D eigenvalue weighted by Crippen LogP contribution is 2.14. The Balaban J connectivity index is 3.66. The number of carboxylic acids is 2. The molecule has 41 heavy (non-hydrogen) atoms. The Labute approximate surface area is 244 Å². The van der Waals surface area contributed by atoms with Gasteiger partial charge in [-0.05, 0) is 19.3 Å². The van der Waals surface area contributed by atoms with E-state index in [9.17, 15) is 29.1 Å². The number of nitrogens with two attached hydrogens (primary N) is 1. The number of aliphatic carboxylic acids is 2. The first-order valence-electron chi connectivity index (χ1n) is 15.2. The van der Waals surface area contributed by atoms with Crippen molar-refractivity contribution in [2.24, 2.45) is 5.73 Å². The van der Waals surface area contributed by atoms with E-state index in [0.717, 1.165) is 38.5 Å². The molecule has 0 aliphatic carbocycles. The molecule has 0 radical (unpaired) electrons. The van der Waals surface area contributed by atoms with Gasteiger partial charge in [0.2, 0.25) is 17.7 Å². The lowest BCUT2D eigenvalue weighted by Gasteiger charge is -2.14. The summed E-state index contributed by atoms with van der Waals surface area (Å²) >= 11 is 0. The molecule has 0 bridgehead atoms. The van der Waals surface area contributed by atoms with Gasteiger partial charge in [0.1, 0.15) is 12.6 Å². The summed E-state index contributed by atoms with van der Waals surface area (Å²) in [5.74, 6) is -3.08. The molecule has 0 aromatic carbocycles. The second-order valence-corrected chi connectivity index (χ2v) is 10.3. The predicted octanol–water partition coefficient (Wildman–Crippen LogP) is 3.30. The van der Waals surface area contributed by atoms with Crippen LogP contribution in [0.25, 0.3) is 0 Å². The van der Waals surface area contributed by atoms with Gasteiger partial charge >= 0.3 is 11.9 Å². The van der Waals surface area contributed by atoms with Crippen LogP contribution in [0.4, 0.5) is 0 Å². The Bertz CT molecular complexity index is 734. The summed E-state index contributed by atoms with van der Waals surface area (Å²) in [6.45, 7) is 0.769. The molecular formula is C29H53N3O9. The smallest absolute Gasteiger partial charge is 0.326 e. The number of amides is 3. The third kappa shape index (κ3) is 28.6. The van der Waals surface area contributed by atoms with Crippen molar-refractivity contribution in [3.8, 4) is 0 Å². The summed E-state index contributed by atoms with van der Waals surface area (Å²) in [6, 6.07) is -1.11. The van der Waals surface area contributed by atoms with Crippen molar-refractivity contribution in [3.63, 3.8) is 0 Å². The molecule has 0 aliphatic heterocycles. The molecule has 0 rings (SSSR count). The molecule has 1 atom stereocenters. The standard InChI is InChI=1S/C29H53N3O9/c30-25(33)23-41-22-21-40-20-19-31-26(34)18-17-24(29(38)39)32-27(35)15-13-11-9-7-5-3-1-2-4-6-8-10-12-14-16-28(36)37/h24H,1-23H2,(H2,30,33)(H,31,34)(H,32,35)(H,36,37)(H,38,39)/t24-/m0/s1. The van der Waals surface area contributed by atoms with Gasteiger partial charge in [-0.1, -0.05) is 77.0 Å². The third-order valence-corrected chi connectivity index (χ3v) is 6.52. The number of carbonyl (C=O) groups is 5. The average molecular weight is 588 g/mol. The topological polar surface area (TPSA) is 194 Å². The molecule has 6 N–H and O–H groups in total. The molecule has 12 nitrogen and oxygen atoms in total. The van der Waals surface area contributed by atoms with Crippen LogP contribution in [-0.4, -0.2) is 78.9 Å². The first-order valence-corrected chi connectivity index (χ1v) is 15.2. The number of primary amides is 1. The first-order chi connectivity index (χ1) is 19.7. The largest absolute Gasteiger partial charge is 0.481 e. The molecule has 0 aromatic rings. The Kier molecular flexibility index (Phi) is 25.6. The van der Waals surface area contributed by atoms with Gasteiger partial charge in [-0.3, -0.25) is 19.2 Å². The molecule has 0 spiro atoms. The molecule has 0 unspecified atom stereocenters. The molecule has 0 saturated carbocycles. The number of unbranched alkanes of at least 4 members (excludes halogenated alkanes) is 13. The van der Waals surface area contributed by atoms with Crippen LogP contribution in [0.1, 0.15) is 116 Å². The van der Waals surface area contributed by atoms with Crippen molar-refractivity contribution in [1.82, 2.24) is 10.6 Å². The molecule has 0 aliphatic rings. The monoisotopic (exact) mass is 587 g/mol. The van der Waals surface area contributed by atoms with Crippen LogP contribution >= 0.6 is 0 Å². The molecule has 3 amide bonds. The maximum absolute atomic E-state index is 12.2. The Morgan fingerprint density at radius 1 is 0.610 bits per heavy atom. The minimum Gasteiger partial charge on any atom is -0.481 e. The Hall–Kier alpha value is -2.73. The average Bonchev–Trinajstić information content (AvgIpc) is 2.91. The number of hydrogen-bond donors (Lipinski definition) is 5. The van der Waals surface area contributed by atoms with E-state index in [2.05, 4.69) is 10.6 Å². The lowest BCUT2D eigenvalue weighted by Crippen LogP contribution is -2.41. The van der Waals surface area contributed by atoms with Gasteiger partial charge in [0.25, 0.3) is 0 Å². The summed E-state index contributed by atoms with van der Waals surface area (Å²) in [7, 11) is 0. The second-order valence-electron chi connectivity index (χ2n) is 10.3. The van der Waals surface area contributed by atoms with Crippen LogP contribution in [0, 0.1) is 0 Å². The Morgan fingerprint density at radius 2 is 1.10 bits per heavy atom. The third-order valence-electron chi connectivity index (χ3n) is 6.52. The summed E-state index contributed by atoms with van der Waals surface area (Å²) in [5.41, 5.74) is 4.94. The summed E-state index contributed by atoms with van der Waals surface area (Å²) in [4.78, 5) is 56.6. The summed E-state index contributed by atoms with van der Waals surface area (Å²) in [5, 5.41) is 23.1. The van der Waals surface area contributed by atoms with Crippen LogP contribution in [0.15, 0.2) is 0 Å². The van der Waals surface area contributed by atoms with E-state index < -0.39 is 23.9 Å². The van der Waals surface area contributed by atoms with Gasteiger partial charge in [0.15, 0.2) is 0 Å². The van der Waals surface area contributed by atoms with Crippen LogP contribution < -0.4 is 16.4 Å². The van der Waals surface area contributed by atoms with Gasteiger partial charge in [0.05, 0.1) is 19.8 Å². The number of nitrogens with one attached hydrogen (secondary N) is 2. The van der Waals surface area contributed by atoms with Crippen LogP contribution in [0.5, 0.6) is 0 Å². The summed E-state index contributed by atoms with van der Waals surface area (Å²) < 4.78 is 10.2. The van der Waals surface area contributed by atoms with Crippen molar-refractivity contribution in [2.75, 3.05) is 33.0 Å². The number of carbonyl (C=O) groups excluding carboxylic acids is 3. The number of carboxylic acid groups (broad SMARTS) is 2. The summed E-state index contributed by atoms with van der Waals surface area (Å²) in [6.07, 6.45) is 15.8. The minimum absolute atomic E-state index is 0.00150. The highest BCUT2D eigenvalue weighted by molar-refractivity contribution is 5.84. The van der Waals surface area contributed by atoms with E-state index in [0.29, 0.717) is 6.42 Å². The van der Waals surface area contributed by atoms with Crippen LogP contribution in [0.3, 0.4) is 0 Å². The molecule has 0 saturated heterocycles. The predicted molar refractivity (Wildman–Crippen MR) is 154 cm³/mol. The zero-order chi connectivity index (χ0) is 30.6. The van der Waals surface area contributed by atoms with E-state index in [1.807, 2.05) is 0 Å². The van der Waals surface area contributed by atoms with E-state index in [1.165, 1.54) is 44.9 Å². The maximum Gasteiger partial charge on any atom is 0.326 e. The van der Waals surface area contributed by atoms with E-state index >= 15 is 0 Å². The molecule has 0 heterocycles.